The van der Waals surface area contributed by atoms with Crippen LogP contribution in [0.3, 0.4) is 0 Å². The summed E-state index contributed by atoms with van der Waals surface area (Å²) in [4.78, 5) is 24.9. The van der Waals surface area contributed by atoms with Gasteiger partial charge in [-0.1, -0.05) is 12.0 Å². The Bertz CT molecular complexity index is 1350. The third kappa shape index (κ3) is 6.99. The number of aliphatic hydroxyl groups is 1. The first-order valence-electron chi connectivity index (χ1n) is 13.7. The molecule has 3 heterocycles. The number of anilines is 2. The molecule has 2 aromatic carbocycles. The van der Waals surface area contributed by atoms with E-state index < -0.39 is 6.61 Å². The Hall–Kier alpha value is -3.91. The maximum absolute atomic E-state index is 11.9. The van der Waals surface area contributed by atoms with Gasteiger partial charge in [-0.25, -0.2) is 9.97 Å². The van der Waals surface area contributed by atoms with E-state index in [9.17, 15) is 9.90 Å². The average molecular weight is 546 g/mol. The molecule has 0 saturated carbocycles. The highest BCUT2D eigenvalue weighted by molar-refractivity contribution is 5.93. The van der Waals surface area contributed by atoms with Crippen LogP contribution in [0.4, 0.5) is 11.5 Å². The zero-order valence-electron chi connectivity index (χ0n) is 22.6. The molecule has 1 aromatic heterocycles. The minimum Gasteiger partial charge on any atom is -0.490 e. The predicted octanol–water partition coefficient (Wildman–Crippen LogP) is 2.82. The fourth-order valence-electron chi connectivity index (χ4n) is 4.99. The lowest BCUT2D eigenvalue weighted by Gasteiger charge is -2.32. The second-order valence-corrected chi connectivity index (χ2v) is 9.90. The monoisotopic (exact) mass is 545 g/mol. The number of carbonyl (C=O) groups excluding carboxylic acids is 1. The van der Waals surface area contributed by atoms with Gasteiger partial charge >= 0.3 is 0 Å². The Balaban J connectivity index is 1.36. The zero-order chi connectivity index (χ0) is 27.7. The molecule has 3 aromatic rings. The number of terminal acetylenes is 1. The first-order chi connectivity index (χ1) is 19.6. The number of nitrogens with zero attached hydrogens (tertiary/aromatic N) is 4. The van der Waals surface area contributed by atoms with Crippen LogP contribution in [0.5, 0.6) is 11.5 Å². The van der Waals surface area contributed by atoms with Gasteiger partial charge in [0.1, 0.15) is 24.9 Å². The van der Waals surface area contributed by atoms with Crippen molar-refractivity contribution in [2.75, 3.05) is 64.5 Å². The first kappa shape index (κ1) is 27.6. The van der Waals surface area contributed by atoms with Gasteiger partial charge in [0.15, 0.2) is 11.5 Å². The molecule has 2 N–H and O–H groups in total. The quantitative estimate of drug-likeness (QED) is 0.294. The van der Waals surface area contributed by atoms with Gasteiger partial charge in [0.2, 0.25) is 5.91 Å². The molecule has 0 unspecified atom stereocenters. The van der Waals surface area contributed by atoms with Crippen molar-refractivity contribution in [1.82, 2.24) is 19.8 Å². The number of benzene rings is 2. The van der Waals surface area contributed by atoms with Crippen LogP contribution >= 0.6 is 0 Å². The van der Waals surface area contributed by atoms with Crippen LogP contribution in [0.2, 0.25) is 0 Å². The van der Waals surface area contributed by atoms with E-state index in [2.05, 4.69) is 26.1 Å². The highest BCUT2D eigenvalue weighted by Crippen LogP contribution is 2.36. The van der Waals surface area contributed by atoms with Crippen molar-refractivity contribution < 1.29 is 24.1 Å². The van der Waals surface area contributed by atoms with Crippen molar-refractivity contribution in [2.45, 2.75) is 25.4 Å². The molecule has 5 rings (SSSR count). The van der Waals surface area contributed by atoms with Gasteiger partial charge in [0.05, 0.1) is 25.3 Å². The molecule has 10 nitrogen and oxygen atoms in total. The number of ether oxygens (including phenoxy) is 3. The molecular weight excluding hydrogens is 510 g/mol. The van der Waals surface area contributed by atoms with Gasteiger partial charge in [-0.2, -0.15) is 0 Å². The van der Waals surface area contributed by atoms with Crippen LogP contribution in [-0.4, -0.2) is 96.0 Å². The van der Waals surface area contributed by atoms with E-state index in [4.69, 9.17) is 20.6 Å². The largest absolute Gasteiger partial charge is 0.490 e. The van der Waals surface area contributed by atoms with E-state index in [0.29, 0.717) is 49.9 Å². The Morgan fingerprint density at radius 1 is 1.12 bits per heavy atom. The van der Waals surface area contributed by atoms with E-state index in [1.54, 1.807) is 4.90 Å². The fourth-order valence-corrected chi connectivity index (χ4v) is 4.99. The second kappa shape index (κ2) is 13.4. The summed E-state index contributed by atoms with van der Waals surface area (Å²) < 4.78 is 18.2. The van der Waals surface area contributed by atoms with Crippen molar-refractivity contribution in [3.05, 3.63) is 48.3 Å². The van der Waals surface area contributed by atoms with Crippen molar-refractivity contribution in [3.63, 3.8) is 0 Å². The number of hydrogen-bond donors (Lipinski definition) is 2. The Labute approximate surface area is 234 Å². The summed E-state index contributed by atoms with van der Waals surface area (Å²) in [7, 11) is 0. The van der Waals surface area contributed by atoms with E-state index in [0.717, 1.165) is 61.4 Å². The van der Waals surface area contributed by atoms with Gasteiger partial charge in [0, 0.05) is 68.3 Å². The van der Waals surface area contributed by atoms with Gasteiger partial charge in [-0.3, -0.25) is 9.69 Å². The van der Waals surface area contributed by atoms with Crippen LogP contribution in [-0.2, 0) is 9.53 Å². The van der Waals surface area contributed by atoms with Crippen molar-refractivity contribution >= 4 is 28.3 Å². The van der Waals surface area contributed by atoms with Crippen LogP contribution in [0.1, 0.15) is 24.8 Å². The number of fused-ring (bicyclic) bond motifs is 1. The highest BCUT2D eigenvalue weighted by atomic mass is 16.5. The number of aromatic nitrogens is 2. The molecule has 10 heteroatoms. The van der Waals surface area contributed by atoms with Crippen molar-refractivity contribution in [2.24, 2.45) is 0 Å². The third-order valence-corrected chi connectivity index (χ3v) is 7.20. The van der Waals surface area contributed by atoms with Crippen molar-refractivity contribution in [3.8, 4) is 23.8 Å². The molecule has 2 aliphatic heterocycles. The van der Waals surface area contributed by atoms with Crippen LogP contribution in [0.15, 0.2) is 42.7 Å². The van der Waals surface area contributed by atoms with Gasteiger partial charge in [-0.05, 0) is 30.7 Å². The summed E-state index contributed by atoms with van der Waals surface area (Å²) in [5.74, 6) is 4.27. The number of nitrogens with one attached hydrogen (secondary N) is 1. The minimum atomic E-state index is -0.474. The molecule has 1 amide bonds. The molecule has 0 spiro atoms. The molecule has 0 aliphatic carbocycles. The number of piperidine rings is 1. The number of likely N-dealkylation sites (tertiary alicyclic amines) is 1. The fraction of sp³-hybridized carbons (Fsp3) is 0.433. The van der Waals surface area contributed by atoms with Crippen LogP contribution in [0, 0.1) is 12.3 Å². The normalized spacial score (nSPS) is 16.4. The summed E-state index contributed by atoms with van der Waals surface area (Å²) in [6, 6.07) is 11.4. The third-order valence-electron chi connectivity index (χ3n) is 7.20. The molecule has 2 aliphatic rings. The topological polar surface area (TPSA) is 109 Å². The number of amides is 1. The molecule has 2 fully saturated rings. The van der Waals surface area contributed by atoms with Crippen LogP contribution in [0.25, 0.3) is 10.9 Å². The number of carbonyl (C=O) groups is 1. The molecule has 0 radical (unpaired) electrons. The van der Waals surface area contributed by atoms with E-state index in [1.807, 2.05) is 36.4 Å². The minimum absolute atomic E-state index is 0.0933. The van der Waals surface area contributed by atoms with Crippen LogP contribution < -0.4 is 14.8 Å². The Kier molecular flexibility index (Phi) is 9.29. The maximum atomic E-state index is 11.9. The lowest BCUT2D eigenvalue weighted by Crippen LogP contribution is -2.42. The number of hydrogen-bond acceptors (Lipinski definition) is 9. The predicted molar refractivity (Wildman–Crippen MR) is 152 cm³/mol. The van der Waals surface area contributed by atoms with Crippen molar-refractivity contribution in [1.29, 1.82) is 0 Å². The summed E-state index contributed by atoms with van der Waals surface area (Å²) in [6.07, 6.45) is 9.20. The Morgan fingerprint density at radius 3 is 2.73 bits per heavy atom. The Morgan fingerprint density at radius 2 is 1.95 bits per heavy atom. The maximum Gasteiger partial charge on any atom is 0.248 e. The number of aliphatic hydroxyl groups excluding tert-OH is 1. The van der Waals surface area contributed by atoms with E-state index >= 15 is 0 Å². The molecule has 210 valence electrons. The number of rotatable bonds is 10. The molecule has 0 bridgehead atoms. The molecule has 2 saturated heterocycles. The smallest absolute Gasteiger partial charge is 0.248 e. The van der Waals surface area contributed by atoms with Gasteiger partial charge in [-0.15, -0.1) is 6.42 Å². The summed E-state index contributed by atoms with van der Waals surface area (Å²) in [5, 5.41) is 13.3. The first-order valence-corrected chi connectivity index (χ1v) is 13.7. The van der Waals surface area contributed by atoms with E-state index in [1.165, 1.54) is 6.33 Å². The molecule has 40 heavy (non-hydrogen) atoms. The van der Waals surface area contributed by atoms with Gasteiger partial charge < -0.3 is 29.5 Å². The summed E-state index contributed by atoms with van der Waals surface area (Å²) in [5.41, 5.74) is 2.32. The second-order valence-electron chi connectivity index (χ2n) is 9.90. The number of morpholine rings is 1. The van der Waals surface area contributed by atoms with E-state index in [-0.39, 0.29) is 12.0 Å². The van der Waals surface area contributed by atoms with Gasteiger partial charge in [0.25, 0.3) is 0 Å². The lowest BCUT2D eigenvalue weighted by atomic mass is 10.1. The highest BCUT2D eigenvalue weighted by Gasteiger charge is 2.25. The molecular formula is C30H35N5O5. The lowest BCUT2D eigenvalue weighted by molar-refractivity contribution is -0.135. The molecule has 0 atom stereocenters. The zero-order valence-corrected chi connectivity index (χ0v) is 22.6. The summed E-state index contributed by atoms with van der Waals surface area (Å²) >= 11 is 0. The standard InChI is InChI=1S/C30H35N5O5/c1-2-22-5-3-6-23(17-22)33-30-25-18-28(40-24-7-10-35(11-8-24)29(37)20-36)27(19-26(25)31-21-32-30)39-14-4-9-34-12-15-38-16-13-34/h1,3,5-6,17-19,21,24,36H,4,7-16,20H2,(H,31,32,33). The SMILES string of the molecule is C#Cc1cccc(Nc2ncnc3cc(OCCCN4CCOCC4)c(OC4CCN(C(=O)CO)CC4)cc23)c1. The summed E-state index contributed by atoms with van der Waals surface area (Å²) in [6.45, 7) is 5.51. The average Bonchev–Trinajstić information content (AvgIpc) is 3.00.